The average molecular weight is 383 g/mol. The molecule has 0 aliphatic rings. The van der Waals surface area contributed by atoms with Crippen LogP contribution in [0, 0.1) is 10.1 Å². The first-order valence-corrected chi connectivity index (χ1v) is 8.65. The lowest BCUT2D eigenvalue weighted by molar-refractivity contribution is -0.387. The number of benzene rings is 2. The Morgan fingerprint density at radius 3 is 2.85 bits per heavy atom. The lowest BCUT2D eigenvalue weighted by Gasteiger charge is -2.06. The number of fused-ring (bicyclic) bond motifs is 1. The molecule has 130 valence electrons. The van der Waals surface area contributed by atoms with Crippen molar-refractivity contribution < 1.29 is 4.92 Å². The summed E-state index contributed by atoms with van der Waals surface area (Å²) in [6.45, 7) is 0. The lowest BCUT2D eigenvalue weighted by atomic mass is 10.2. The Hall–Kier alpha value is -3.04. The van der Waals surface area contributed by atoms with Crippen LogP contribution in [0.1, 0.15) is 5.56 Å². The van der Waals surface area contributed by atoms with E-state index in [4.69, 9.17) is 5.73 Å². The second-order valence-electron chi connectivity index (χ2n) is 5.15. The molecule has 3 aromatic rings. The Balaban J connectivity index is 1.95. The van der Waals surface area contributed by atoms with Crippen LogP contribution in [0.4, 0.5) is 5.69 Å². The van der Waals surface area contributed by atoms with Crippen molar-refractivity contribution in [3.05, 3.63) is 70.4 Å². The SMILES string of the molecule is NC(=S)NN=Cc1ccc(Sc2cccc3cccnc23)c([N+](=O)[O-])c1. The number of nitro benzene ring substituents is 1. The number of aromatic nitrogens is 1. The first kappa shape index (κ1) is 17.8. The van der Waals surface area contributed by atoms with E-state index in [0.29, 0.717) is 10.5 Å². The number of nitrogens with zero attached hydrogens (tertiary/aromatic N) is 3. The summed E-state index contributed by atoms with van der Waals surface area (Å²) >= 11 is 5.95. The second-order valence-corrected chi connectivity index (χ2v) is 6.68. The number of hydrogen-bond acceptors (Lipinski definition) is 6. The monoisotopic (exact) mass is 383 g/mol. The zero-order valence-corrected chi connectivity index (χ0v) is 15.0. The van der Waals surface area contributed by atoms with Crippen LogP contribution in [0.15, 0.2) is 69.6 Å². The fraction of sp³-hybridized carbons (Fsp3) is 0. The van der Waals surface area contributed by atoms with Crippen LogP contribution in [0.25, 0.3) is 10.9 Å². The van der Waals surface area contributed by atoms with Crippen molar-refractivity contribution >= 4 is 51.9 Å². The highest BCUT2D eigenvalue weighted by atomic mass is 32.2. The molecule has 2 aromatic carbocycles. The Labute approximate surface area is 158 Å². The molecule has 0 atom stereocenters. The van der Waals surface area contributed by atoms with Gasteiger partial charge in [-0.05, 0) is 30.4 Å². The van der Waals surface area contributed by atoms with Crippen LogP contribution in [-0.4, -0.2) is 21.2 Å². The lowest BCUT2D eigenvalue weighted by Crippen LogP contribution is -2.23. The summed E-state index contributed by atoms with van der Waals surface area (Å²) in [7, 11) is 0. The summed E-state index contributed by atoms with van der Waals surface area (Å²) in [6, 6.07) is 14.4. The van der Waals surface area contributed by atoms with Crippen LogP contribution < -0.4 is 11.2 Å². The molecule has 0 amide bonds. The highest BCUT2D eigenvalue weighted by Crippen LogP contribution is 2.37. The molecule has 0 aliphatic heterocycles. The van der Waals surface area contributed by atoms with E-state index in [1.165, 1.54) is 24.0 Å². The van der Waals surface area contributed by atoms with Gasteiger partial charge in [-0.1, -0.05) is 36.0 Å². The molecule has 0 aliphatic carbocycles. The fourth-order valence-corrected chi connectivity index (χ4v) is 3.37. The van der Waals surface area contributed by atoms with Gasteiger partial charge in [-0.25, -0.2) is 0 Å². The van der Waals surface area contributed by atoms with Crippen molar-refractivity contribution in [2.75, 3.05) is 0 Å². The van der Waals surface area contributed by atoms with E-state index in [-0.39, 0.29) is 10.8 Å². The summed E-state index contributed by atoms with van der Waals surface area (Å²) in [6.07, 6.45) is 3.12. The molecule has 0 bridgehead atoms. The highest BCUT2D eigenvalue weighted by molar-refractivity contribution is 7.99. The Morgan fingerprint density at radius 2 is 2.08 bits per heavy atom. The van der Waals surface area contributed by atoms with Gasteiger partial charge in [0.25, 0.3) is 5.69 Å². The van der Waals surface area contributed by atoms with Crippen LogP contribution in [-0.2, 0) is 0 Å². The summed E-state index contributed by atoms with van der Waals surface area (Å²) in [5.41, 5.74) is 9.04. The average Bonchev–Trinajstić information content (AvgIpc) is 2.62. The topological polar surface area (TPSA) is 106 Å². The number of nitro groups is 1. The van der Waals surface area contributed by atoms with Crippen molar-refractivity contribution in [1.29, 1.82) is 0 Å². The summed E-state index contributed by atoms with van der Waals surface area (Å²) in [5, 5.41) is 16.3. The minimum Gasteiger partial charge on any atom is -0.375 e. The maximum Gasteiger partial charge on any atom is 0.283 e. The van der Waals surface area contributed by atoms with Gasteiger partial charge in [0.05, 0.1) is 21.6 Å². The van der Waals surface area contributed by atoms with Gasteiger partial charge in [0, 0.05) is 28.1 Å². The number of nitrogens with two attached hydrogens (primary N) is 1. The van der Waals surface area contributed by atoms with Crippen molar-refractivity contribution in [3.8, 4) is 0 Å². The predicted octanol–water partition coefficient (Wildman–Crippen LogP) is 3.46. The maximum absolute atomic E-state index is 11.5. The van der Waals surface area contributed by atoms with E-state index in [2.05, 4.69) is 27.7 Å². The van der Waals surface area contributed by atoms with E-state index in [1.54, 1.807) is 18.3 Å². The van der Waals surface area contributed by atoms with E-state index in [0.717, 1.165) is 15.8 Å². The predicted molar refractivity (Wildman–Crippen MR) is 106 cm³/mol. The number of hydrazone groups is 1. The number of nitrogens with one attached hydrogen (secondary N) is 1. The molecule has 26 heavy (non-hydrogen) atoms. The molecular weight excluding hydrogens is 370 g/mol. The normalized spacial score (nSPS) is 10.9. The molecule has 7 nitrogen and oxygen atoms in total. The molecule has 0 unspecified atom stereocenters. The van der Waals surface area contributed by atoms with Crippen molar-refractivity contribution in [1.82, 2.24) is 10.4 Å². The number of pyridine rings is 1. The van der Waals surface area contributed by atoms with Crippen molar-refractivity contribution in [2.45, 2.75) is 9.79 Å². The standard InChI is InChI=1S/C17H13N5O2S2/c18-17(25)21-20-10-11-6-7-14(13(9-11)22(23)24)26-15-5-1-3-12-4-2-8-19-16(12)15/h1-10H,(H3,18,21,25). The first-order chi connectivity index (χ1) is 12.5. The van der Waals surface area contributed by atoms with Gasteiger partial charge >= 0.3 is 0 Å². The molecule has 0 spiro atoms. The zero-order chi connectivity index (χ0) is 18.5. The van der Waals surface area contributed by atoms with E-state index in [1.807, 2.05) is 30.3 Å². The molecule has 3 rings (SSSR count). The molecule has 3 N–H and O–H groups in total. The summed E-state index contributed by atoms with van der Waals surface area (Å²) in [5.74, 6) is 0. The molecule has 0 saturated carbocycles. The first-order valence-electron chi connectivity index (χ1n) is 7.43. The Kier molecular flexibility index (Phi) is 5.40. The Bertz CT molecular complexity index is 1020. The fourth-order valence-electron chi connectivity index (χ4n) is 2.29. The molecule has 0 radical (unpaired) electrons. The molecule has 0 fully saturated rings. The van der Waals surface area contributed by atoms with Gasteiger partial charge in [-0.15, -0.1) is 0 Å². The number of thiocarbonyl (C=S) groups is 1. The number of para-hydroxylation sites is 1. The largest absolute Gasteiger partial charge is 0.375 e. The minimum atomic E-state index is -0.417. The third-order valence-corrected chi connectivity index (χ3v) is 4.59. The molecule has 1 heterocycles. The molecule has 9 heteroatoms. The Morgan fingerprint density at radius 1 is 1.27 bits per heavy atom. The van der Waals surface area contributed by atoms with Gasteiger partial charge in [0.2, 0.25) is 0 Å². The minimum absolute atomic E-state index is 0.0118. The molecular formula is C17H13N5O2S2. The maximum atomic E-state index is 11.5. The van der Waals surface area contributed by atoms with Gasteiger partial charge in [0.15, 0.2) is 5.11 Å². The van der Waals surface area contributed by atoms with Gasteiger partial charge in [-0.3, -0.25) is 20.5 Å². The van der Waals surface area contributed by atoms with E-state index < -0.39 is 4.92 Å². The van der Waals surface area contributed by atoms with E-state index >= 15 is 0 Å². The molecule has 0 saturated heterocycles. The second kappa shape index (κ2) is 7.89. The third kappa shape index (κ3) is 4.13. The quantitative estimate of drug-likeness (QED) is 0.301. The zero-order valence-electron chi connectivity index (χ0n) is 13.3. The summed E-state index contributed by atoms with van der Waals surface area (Å²) in [4.78, 5) is 16.8. The smallest absolute Gasteiger partial charge is 0.283 e. The van der Waals surface area contributed by atoms with Crippen LogP contribution in [0.2, 0.25) is 0 Å². The van der Waals surface area contributed by atoms with Crippen LogP contribution in [0.3, 0.4) is 0 Å². The van der Waals surface area contributed by atoms with Gasteiger partial charge in [-0.2, -0.15) is 5.10 Å². The van der Waals surface area contributed by atoms with Crippen LogP contribution in [0.5, 0.6) is 0 Å². The third-order valence-electron chi connectivity index (χ3n) is 3.38. The van der Waals surface area contributed by atoms with Gasteiger partial charge < -0.3 is 5.73 Å². The molecule has 1 aromatic heterocycles. The number of hydrogen-bond donors (Lipinski definition) is 2. The highest BCUT2D eigenvalue weighted by Gasteiger charge is 2.16. The van der Waals surface area contributed by atoms with Gasteiger partial charge in [0.1, 0.15) is 0 Å². The number of rotatable bonds is 5. The van der Waals surface area contributed by atoms with Crippen LogP contribution >= 0.6 is 24.0 Å². The van der Waals surface area contributed by atoms with E-state index in [9.17, 15) is 10.1 Å². The summed E-state index contributed by atoms with van der Waals surface area (Å²) < 4.78 is 0. The van der Waals surface area contributed by atoms with Crippen molar-refractivity contribution in [2.24, 2.45) is 10.8 Å². The van der Waals surface area contributed by atoms with Crippen molar-refractivity contribution in [3.63, 3.8) is 0 Å².